The Kier molecular flexibility index (Phi) is 10.7. The van der Waals surface area contributed by atoms with Crippen molar-refractivity contribution in [1.82, 2.24) is 0 Å². The van der Waals surface area contributed by atoms with Crippen molar-refractivity contribution in [1.29, 1.82) is 0 Å². The maximum atomic E-state index is 5.30. The molecule has 0 atom stereocenters. The van der Waals surface area contributed by atoms with Crippen LogP contribution in [-0.2, 0) is 9.47 Å². The lowest BCUT2D eigenvalue weighted by molar-refractivity contribution is 0.246. The predicted octanol–water partition coefficient (Wildman–Crippen LogP) is 5.78. The Labute approximate surface area is 140 Å². The molecule has 0 unspecified atom stereocenters. The van der Waals surface area contributed by atoms with Crippen molar-refractivity contribution in [2.75, 3.05) is 13.7 Å². The van der Waals surface area contributed by atoms with Crippen LogP contribution in [0.2, 0.25) is 0 Å². The summed E-state index contributed by atoms with van der Waals surface area (Å²) in [5.41, 5.74) is 2.34. The van der Waals surface area contributed by atoms with E-state index < -0.39 is 0 Å². The Morgan fingerprint density at radius 3 is 1.78 bits per heavy atom. The van der Waals surface area contributed by atoms with E-state index >= 15 is 0 Å². The van der Waals surface area contributed by atoms with E-state index in [2.05, 4.69) is 19.1 Å². The lowest BCUT2D eigenvalue weighted by Gasteiger charge is -1.97. The molecule has 0 N–H and O–H groups in total. The molecule has 0 bridgehead atoms. The zero-order valence-electron chi connectivity index (χ0n) is 14.0. The summed E-state index contributed by atoms with van der Waals surface area (Å²) >= 11 is 0. The molecule has 2 aromatic rings. The van der Waals surface area contributed by atoms with Crippen molar-refractivity contribution in [2.45, 2.75) is 19.8 Å². The van der Waals surface area contributed by atoms with E-state index in [0.29, 0.717) is 0 Å². The molecule has 0 saturated heterocycles. The van der Waals surface area contributed by atoms with Gasteiger partial charge >= 0.3 is 0 Å². The largest absolute Gasteiger partial charge is 0.504 e. The van der Waals surface area contributed by atoms with Crippen LogP contribution in [0, 0.1) is 0 Å². The highest BCUT2D eigenvalue weighted by atomic mass is 16.5. The summed E-state index contributed by atoms with van der Waals surface area (Å²) in [6.45, 7) is 2.98. The number of hydrogen-bond acceptors (Lipinski definition) is 2. The van der Waals surface area contributed by atoms with E-state index in [4.69, 9.17) is 9.47 Å². The van der Waals surface area contributed by atoms with Crippen LogP contribution in [0.1, 0.15) is 30.9 Å². The van der Waals surface area contributed by atoms with Gasteiger partial charge in [0.2, 0.25) is 0 Å². The molecule has 2 aromatic carbocycles. The van der Waals surface area contributed by atoms with Gasteiger partial charge in [0.15, 0.2) is 0 Å². The van der Waals surface area contributed by atoms with Crippen LogP contribution in [-0.4, -0.2) is 13.7 Å². The third kappa shape index (κ3) is 9.97. The minimum Gasteiger partial charge on any atom is -0.504 e. The summed E-state index contributed by atoms with van der Waals surface area (Å²) in [5, 5.41) is 0. The quantitative estimate of drug-likeness (QED) is 0.477. The number of ether oxygens (including phenoxy) is 2. The van der Waals surface area contributed by atoms with Gasteiger partial charge in [-0.2, -0.15) is 0 Å². The van der Waals surface area contributed by atoms with Gasteiger partial charge in [0.1, 0.15) is 0 Å². The van der Waals surface area contributed by atoms with Crippen LogP contribution in [0.25, 0.3) is 12.2 Å². The molecular formula is C21H26O2. The van der Waals surface area contributed by atoms with Gasteiger partial charge in [-0.05, 0) is 29.7 Å². The Morgan fingerprint density at radius 2 is 1.30 bits per heavy atom. The van der Waals surface area contributed by atoms with Gasteiger partial charge in [0.05, 0.1) is 26.2 Å². The third-order valence-electron chi connectivity index (χ3n) is 2.97. The topological polar surface area (TPSA) is 18.5 Å². The number of unbranched alkanes of at least 4 members (excludes halogenated alkanes) is 1. The molecule has 0 amide bonds. The second kappa shape index (κ2) is 13.2. The number of benzene rings is 2. The lowest BCUT2D eigenvalue weighted by Crippen LogP contribution is -1.84. The van der Waals surface area contributed by atoms with Crippen LogP contribution in [0.5, 0.6) is 0 Å². The van der Waals surface area contributed by atoms with Crippen molar-refractivity contribution >= 4 is 12.2 Å². The lowest BCUT2D eigenvalue weighted by atomic mass is 10.2. The molecule has 0 aliphatic carbocycles. The summed E-state index contributed by atoms with van der Waals surface area (Å²) in [4.78, 5) is 0. The molecule has 0 radical (unpaired) electrons. The smallest absolute Gasteiger partial charge is 0.0873 e. The zero-order valence-corrected chi connectivity index (χ0v) is 14.0. The van der Waals surface area contributed by atoms with Crippen LogP contribution >= 0.6 is 0 Å². The first-order valence-electron chi connectivity index (χ1n) is 7.94. The maximum Gasteiger partial charge on any atom is 0.0873 e. The van der Waals surface area contributed by atoms with Crippen molar-refractivity contribution in [3.63, 3.8) is 0 Å². The Balaban J connectivity index is 0.000000238. The first kappa shape index (κ1) is 18.6. The molecule has 0 saturated carbocycles. The van der Waals surface area contributed by atoms with Crippen LogP contribution in [0.15, 0.2) is 73.2 Å². The maximum absolute atomic E-state index is 5.30. The molecule has 0 heterocycles. The summed E-state index contributed by atoms with van der Waals surface area (Å²) < 4.78 is 10.1. The number of rotatable bonds is 7. The monoisotopic (exact) mass is 310 g/mol. The molecule has 2 heteroatoms. The SMILES string of the molecule is CCCCOC=Cc1ccccc1.COC=Cc1ccccc1. The van der Waals surface area contributed by atoms with E-state index in [9.17, 15) is 0 Å². The molecule has 0 aliphatic rings. The molecule has 0 fully saturated rings. The standard InChI is InChI=1S/C12H16O.C9H10O/c1-2-3-10-13-11-9-12-7-5-4-6-8-12;1-10-8-7-9-5-3-2-4-6-9/h4-9,11H,2-3,10H2,1H3;2-8H,1H3. The fourth-order valence-corrected chi connectivity index (χ4v) is 1.70. The first-order chi connectivity index (χ1) is 11.4. The van der Waals surface area contributed by atoms with Crippen LogP contribution in [0.4, 0.5) is 0 Å². The Morgan fingerprint density at radius 1 is 0.783 bits per heavy atom. The van der Waals surface area contributed by atoms with E-state index in [1.54, 1.807) is 19.6 Å². The molecule has 0 aromatic heterocycles. The van der Waals surface area contributed by atoms with E-state index in [1.165, 1.54) is 12.0 Å². The highest BCUT2D eigenvalue weighted by Gasteiger charge is 1.83. The van der Waals surface area contributed by atoms with Gasteiger partial charge in [-0.3, -0.25) is 0 Å². The van der Waals surface area contributed by atoms with Crippen LogP contribution < -0.4 is 0 Å². The first-order valence-corrected chi connectivity index (χ1v) is 7.94. The highest BCUT2D eigenvalue weighted by Crippen LogP contribution is 2.01. The summed E-state index contributed by atoms with van der Waals surface area (Å²) in [6.07, 6.45) is 9.63. The van der Waals surface area contributed by atoms with Gasteiger partial charge < -0.3 is 9.47 Å². The average molecular weight is 310 g/mol. The molecule has 0 aliphatic heterocycles. The summed E-state index contributed by atoms with van der Waals surface area (Å²) in [6, 6.07) is 20.2. The van der Waals surface area contributed by atoms with Gasteiger partial charge in [-0.1, -0.05) is 74.0 Å². The second-order valence-electron chi connectivity index (χ2n) is 4.89. The molecule has 0 spiro atoms. The molecule has 23 heavy (non-hydrogen) atoms. The summed E-state index contributed by atoms with van der Waals surface area (Å²) in [5.74, 6) is 0. The van der Waals surface area contributed by atoms with Gasteiger partial charge in [0, 0.05) is 0 Å². The van der Waals surface area contributed by atoms with Crippen molar-refractivity contribution in [3.05, 3.63) is 84.3 Å². The third-order valence-corrected chi connectivity index (χ3v) is 2.97. The van der Waals surface area contributed by atoms with Crippen molar-refractivity contribution in [2.24, 2.45) is 0 Å². The number of methoxy groups -OCH3 is 1. The fourth-order valence-electron chi connectivity index (χ4n) is 1.70. The van der Waals surface area contributed by atoms with Crippen molar-refractivity contribution < 1.29 is 9.47 Å². The van der Waals surface area contributed by atoms with E-state index in [1.807, 2.05) is 60.7 Å². The molecule has 122 valence electrons. The number of hydrogen-bond donors (Lipinski definition) is 0. The van der Waals surface area contributed by atoms with Gasteiger partial charge in [0.25, 0.3) is 0 Å². The van der Waals surface area contributed by atoms with Gasteiger partial charge in [-0.15, -0.1) is 0 Å². The van der Waals surface area contributed by atoms with Crippen LogP contribution in [0.3, 0.4) is 0 Å². The second-order valence-corrected chi connectivity index (χ2v) is 4.89. The minimum atomic E-state index is 0.819. The highest BCUT2D eigenvalue weighted by molar-refractivity contribution is 5.47. The van der Waals surface area contributed by atoms with E-state index in [-0.39, 0.29) is 0 Å². The fraction of sp³-hybridized carbons (Fsp3) is 0.238. The molecule has 2 rings (SSSR count). The summed E-state index contributed by atoms with van der Waals surface area (Å²) in [7, 11) is 1.64. The van der Waals surface area contributed by atoms with Crippen molar-refractivity contribution in [3.8, 4) is 0 Å². The zero-order chi connectivity index (χ0) is 16.6. The normalized spacial score (nSPS) is 10.3. The molecule has 2 nitrogen and oxygen atoms in total. The van der Waals surface area contributed by atoms with Gasteiger partial charge in [-0.25, -0.2) is 0 Å². The minimum absolute atomic E-state index is 0.819. The molecular weight excluding hydrogens is 284 g/mol. The predicted molar refractivity (Wildman–Crippen MR) is 98.8 cm³/mol. The van der Waals surface area contributed by atoms with E-state index in [0.717, 1.165) is 18.6 Å². The Hall–Kier alpha value is -2.48. The average Bonchev–Trinajstić information content (AvgIpc) is 2.62. The Bertz CT molecular complexity index is 545.